The van der Waals surface area contributed by atoms with E-state index >= 15 is 0 Å². The van der Waals surface area contributed by atoms with Crippen LogP contribution in [-0.4, -0.2) is 24.3 Å². The normalized spacial score (nSPS) is 11.9. The minimum absolute atomic E-state index is 0.0794. The molecule has 6 nitrogen and oxygen atoms in total. The van der Waals surface area contributed by atoms with Gasteiger partial charge in [0.05, 0.1) is 19.1 Å². The summed E-state index contributed by atoms with van der Waals surface area (Å²) in [7, 11) is 0. The maximum absolute atomic E-state index is 12.0. The van der Waals surface area contributed by atoms with Gasteiger partial charge in [0.1, 0.15) is 0 Å². The molecular formula is C17H19NO5. The van der Waals surface area contributed by atoms with Gasteiger partial charge in [0.2, 0.25) is 0 Å². The Hall–Kier alpha value is -2.63. The van der Waals surface area contributed by atoms with Crippen LogP contribution in [0.2, 0.25) is 0 Å². The number of ether oxygens (including phenoxy) is 1. The van der Waals surface area contributed by atoms with Crippen molar-refractivity contribution >= 4 is 16.7 Å². The van der Waals surface area contributed by atoms with Gasteiger partial charge in [-0.3, -0.25) is 4.79 Å². The van der Waals surface area contributed by atoms with Gasteiger partial charge in [-0.25, -0.2) is 0 Å². The van der Waals surface area contributed by atoms with Crippen LogP contribution >= 0.6 is 0 Å². The first kappa shape index (κ1) is 16.7. The Kier molecular flexibility index (Phi) is 5.51. The summed E-state index contributed by atoms with van der Waals surface area (Å²) in [6, 6.07) is 12.1. The number of benzene rings is 2. The molecule has 0 heterocycles. The fourth-order valence-electron chi connectivity index (χ4n) is 2.28. The van der Waals surface area contributed by atoms with Crippen molar-refractivity contribution in [2.75, 3.05) is 13.2 Å². The lowest BCUT2D eigenvalue weighted by molar-refractivity contribution is -0.757. The molecule has 0 aliphatic rings. The van der Waals surface area contributed by atoms with E-state index in [2.05, 4.69) is 10.9 Å². The molecule has 23 heavy (non-hydrogen) atoms. The molecule has 0 unspecified atom stereocenters. The smallest absolute Gasteiger partial charge is 0.313 e. The van der Waals surface area contributed by atoms with Crippen molar-refractivity contribution in [3.8, 4) is 0 Å². The molecule has 0 saturated heterocycles. The molecule has 2 aromatic carbocycles. The van der Waals surface area contributed by atoms with Crippen LogP contribution < -0.4 is 0 Å². The van der Waals surface area contributed by atoms with Gasteiger partial charge in [0.25, 0.3) is 5.09 Å². The third-order valence-electron chi connectivity index (χ3n) is 3.60. The van der Waals surface area contributed by atoms with Crippen molar-refractivity contribution in [2.45, 2.75) is 26.2 Å². The highest BCUT2D eigenvalue weighted by Crippen LogP contribution is 2.23. The number of rotatable bonds is 7. The standard InChI is InChI=1S/C17H19NO5/c1-12-4-5-16-11-14(6-7-15(16)10-12)13(2)17(19)22-8-3-9-23-18(20)21/h4-7,10-11,13H,3,8-9H2,1-2H3/t13-/m0/s1. The maximum atomic E-state index is 12.0. The number of aryl methyl sites for hydroxylation is 1. The third kappa shape index (κ3) is 4.67. The van der Waals surface area contributed by atoms with Gasteiger partial charge in [-0.15, -0.1) is 10.1 Å². The molecule has 6 heteroatoms. The number of esters is 1. The third-order valence-corrected chi connectivity index (χ3v) is 3.60. The van der Waals surface area contributed by atoms with Gasteiger partial charge in [-0.1, -0.05) is 42.0 Å². The van der Waals surface area contributed by atoms with Crippen LogP contribution in [0.3, 0.4) is 0 Å². The SMILES string of the molecule is Cc1ccc2cc([C@H](C)C(=O)OCCCO[N+](=O)[O-])ccc2c1. The van der Waals surface area contributed by atoms with E-state index in [1.54, 1.807) is 6.92 Å². The zero-order valence-electron chi connectivity index (χ0n) is 13.2. The van der Waals surface area contributed by atoms with Gasteiger partial charge >= 0.3 is 5.97 Å². The van der Waals surface area contributed by atoms with Crippen molar-refractivity contribution in [1.82, 2.24) is 0 Å². The lowest BCUT2D eigenvalue weighted by Crippen LogP contribution is -2.15. The lowest BCUT2D eigenvalue weighted by Gasteiger charge is -2.12. The fourth-order valence-corrected chi connectivity index (χ4v) is 2.28. The number of carbonyl (C=O) groups excluding carboxylic acids is 1. The van der Waals surface area contributed by atoms with Crippen molar-refractivity contribution in [3.63, 3.8) is 0 Å². The van der Waals surface area contributed by atoms with Crippen molar-refractivity contribution in [2.24, 2.45) is 0 Å². The second-order valence-electron chi connectivity index (χ2n) is 5.41. The van der Waals surface area contributed by atoms with Crippen molar-refractivity contribution in [1.29, 1.82) is 0 Å². The second-order valence-corrected chi connectivity index (χ2v) is 5.41. The van der Waals surface area contributed by atoms with E-state index in [-0.39, 0.29) is 25.6 Å². The highest BCUT2D eigenvalue weighted by molar-refractivity contribution is 5.86. The highest BCUT2D eigenvalue weighted by atomic mass is 16.9. The average molecular weight is 317 g/mol. The van der Waals surface area contributed by atoms with E-state index in [0.717, 1.165) is 16.3 Å². The molecule has 0 fully saturated rings. The Morgan fingerprint density at radius 2 is 1.87 bits per heavy atom. The summed E-state index contributed by atoms with van der Waals surface area (Å²) >= 11 is 0. The summed E-state index contributed by atoms with van der Waals surface area (Å²) in [4.78, 5) is 26.2. The van der Waals surface area contributed by atoms with Crippen LogP contribution in [-0.2, 0) is 14.4 Å². The predicted molar refractivity (Wildman–Crippen MR) is 85.6 cm³/mol. The molecule has 2 rings (SSSR count). The fraction of sp³-hybridized carbons (Fsp3) is 0.353. The summed E-state index contributed by atoms with van der Waals surface area (Å²) in [5.41, 5.74) is 2.07. The molecule has 0 saturated carbocycles. The van der Waals surface area contributed by atoms with E-state index in [9.17, 15) is 14.9 Å². The first-order valence-corrected chi connectivity index (χ1v) is 7.41. The molecule has 0 aliphatic carbocycles. The first-order chi connectivity index (χ1) is 11.0. The molecule has 0 amide bonds. The Bertz CT molecular complexity index is 713. The van der Waals surface area contributed by atoms with E-state index in [0.29, 0.717) is 0 Å². The average Bonchev–Trinajstić information content (AvgIpc) is 2.52. The molecule has 2 aromatic rings. The molecule has 0 spiro atoms. The van der Waals surface area contributed by atoms with E-state index in [1.165, 1.54) is 5.56 Å². The van der Waals surface area contributed by atoms with Gasteiger partial charge in [-0.05, 0) is 30.2 Å². The lowest BCUT2D eigenvalue weighted by atomic mass is 9.97. The quantitative estimate of drug-likeness (QED) is 0.338. The summed E-state index contributed by atoms with van der Waals surface area (Å²) in [5.74, 6) is -0.741. The minimum Gasteiger partial charge on any atom is -0.465 e. The summed E-state index contributed by atoms with van der Waals surface area (Å²) in [6.45, 7) is 3.84. The number of hydrogen-bond donors (Lipinski definition) is 0. The molecule has 0 N–H and O–H groups in total. The number of hydrogen-bond acceptors (Lipinski definition) is 5. The molecule has 122 valence electrons. The van der Waals surface area contributed by atoms with E-state index in [1.807, 2.05) is 37.3 Å². The Morgan fingerprint density at radius 1 is 1.17 bits per heavy atom. The van der Waals surface area contributed by atoms with Gasteiger partial charge in [-0.2, -0.15) is 0 Å². The van der Waals surface area contributed by atoms with Crippen LogP contribution in [0.15, 0.2) is 36.4 Å². The van der Waals surface area contributed by atoms with Gasteiger partial charge in [0.15, 0.2) is 0 Å². The summed E-state index contributed by atoms with van der Waals surface area (Å²) in [5, 5.41) is 11.3. The molecular weight excluding hydrogens is 298 g/mol. The first-order valence-electron chi connectivity index (χ1n) is 7.41. The zero-order valence-corrected chi connectivity index (χ0v) is 13.2. The molecule has 0 bridgehead atoms. The van der Waals surface area contributed by atoms with Crippen LogP contribution in [0.1, 0.15) is 30.4 Å². The summed E-state index contributed by atoms with van der Waals surface area (Å²) in [6.07, 6.45) is 0.288. The Morgan fingerprint density at radius 3 is 2.61 bits per heavy atom. The van der Waals surface area contributed by atoms with Gasteiger partial charge < -0.3 is 9.57 Å². The highest BCUT2D eigenvalue weighted by Gasteiger charge is 2.17. The molecule has 0 radical (unpaired) electrons. The molecule has 0 aliphatic heterocycles. The number of nitrogens with zero attached hydrogens (tertiary/aromatic N) is 1. The number of carbonyl (C=O) groups is 1. The largest absolute Gasteiger partial charge is 0.465 e. The predicted octanol–water partition coefficient (Wildman–Crippen LogP) is 3.39. The maximum Gasteiger partial charge on any atom is 0.313 e. The Balaban J connectivity index is 1.94. The Labute approximate surface area is 134 Å². The second kappa shape index (κ2) is 7.58. The van der Waals surface area contributed by atoms with Crippen LogP contribution in [0.5, 0.6) is 0 Å². The molecule has 0 aromatic heterocycles. The summed E-state index contributed by atoms with van der Waals surface area (Å²) < 4.78 is 5.13. The van der Waals surface area contributed by atoms with E-state index < -0.39 is 11.0 Å². The van der Waals surface area contributed by atoms with Crippen molar-refractivity contribution in [3.05, 3.63) is 57.6 Å². The van der Waals surface area contributed by atoms with Crippen LogP contribution in [0.25, 0.3) is 10.8 Å². The zero-order chi connectivity index (χ0) is 16.8. The van der Waals surface area contributed by atoms with Crippen LogP contribution in [0, 0.1) is 17.0 Å². The van der Waals surface area contributed by atoms with E-state index in [4.69, 9.17) is 4.74 Å². The minimum atomic E-state index is -0.860. The number of fused-ring (bicyclic) bond motifs is 1. The van der Waals surface area contributed by atoms with Crippen molar-refractivity contribution < 1.29 is 19.5 Å². The van der Waals surface area contributed by atoms with Gasteiger partial charge in [0, 0.05) is 6.42 Å². The topological polar surface area (TPSA) is 78.7 Å². The monoisotopic (exact) mass is 317 g/mol. The molecule has 1 atom stereocenters. The van der Waals surface area contributed by atoms with Crippen LogP contribution in [0.4, 0.5) is 0 Å².